The molecule has 1 amide bonds. The van der Waals surface area contributed by atoms with E-state index < -0.39 is 0 Å². The molecule has 3 N–H and O–H groups in total. The second-order valence-corrected chi connectivity index (χ2v) is 5.79. The summed E-state index contributed by atoms with van der Waals surface area (Å²) in [5.41, 5.74) is 4.72. The molecule has 0 fully saturated rings. The molecule has 0 aliphatic heterocycles. The van der Waals surface area contributed by atoms with Gasteiger partial charge in [0.05, 0.1) is 19.9 Å². The Balaban J connectivity index is 1.85. The SMILES string of the molecule is CCN(CC)c1ccc(/C=N\NC(=O)CNc2ccc(OC)cc2)c(O)c1. The van der Waals surface area contributed by atoms with Gasteiger partial charge in [0.1, 0.15) is 11.5 Å². The van der Waals surface area contributed by atoms with Crippen molar-refractivity contribution < 1.29 is 14.6 Å². The predicted octanol–water partition coefficient (Wildman–Crippen LogP) is 2.81. The van der Waals surface area contributed by atoms with Crippen LogP contribution in [0.25, 0.3) is 0 Å². The van der Waals surface area contributed by atoms with Crippen LogP contribution in [0.4, 0.5) is 11.4 Å². The number of nitrogens with zero attached hydrogens (tertiary/aromatic N) is 2. The highest BCUT2D eigenvalue weighted by atomic mass is 16.5. The Morgan fingerprint density at radius 3 is 2.48 bits per heavy atom. The number of carbonyl (C=O) groups excluding carboxylic acids is 1. The second kappa shape index (κ2) is 10.1. The third-order valence-electron chi connectivity index (χ3n) is 4.08. The van der Waals surface area contributed by atoms with Crippen molar-refractivity contribution in [1.29, 1.82) is 0 Å². The lowest BCUT2D eigenvalue weighted by atomic mass is 10.2. The van der Waals surface area contributed by atoms with Crippen LogP contribution < -0.4 is 20.4 Å². The van der Waals surface area contributed by atoms with Crippen LogP contribution in [0.2, 0.25) is 0 Å². The number of benzene rings is 2. The minimum absolute atomic E-state index is 0.0799. The molecule has 0 unspecified atom stereocenters. The molecule has 0 radical (unpaired) electrons. The van der Waals surface area contributed by atoms with Crippen LogP contribution in [-0.2, 0) is 4.79 Å². The number of hydrazone groups is 1. The summed E-state index contributed by atoms with van der Waals surface area (Å²) in [5.74, 6) is 0.580. The van der Waals surface area contributed by atoms with Gasteiger partial charge in [-0.2, -0.15) is 5.10 Å². The Morgan fingerprint density at radius 2 is 1.89 bits per heavy atom. The summed E-state index contributed by atoms with van der Waals surface area (Å²) in [6.07, 6.45) is 1.42. The Hall–Kier alpha value is -3.22. The van der Waals surface area contributed by atoms with Crippen molar-refractivity contribution in [3.05, 3.63) is 48.0 Å². The van der Waals surface area contributed by atoms with Crippen LogP contribution in [0.3, 0.4) is 0 Å². The number of aromatic hydroxyl groups is 1. The van der Waals surface area contributed by atoms with Crippen LogP contribution >= 0.6 is 0 Å². The first-order valence-electron chi connectivity index (χ1n) is 8.85. The van der Waals surface area contributed by atoms with Crippen LogP contribution in [0.5, 0.6) is 11.5 Å². The molecule has 0 spiro atoms. The monoisotopic (exact) mass is 370 g/mol. The zero-order valence-corrected chi connectivity index (χ0v) is 15.9. The topological polar surface area (TPSA) is 86.2 Å². The Bertz CT molecular complexity index is 771. The molecule has 0 bridgehead atoms. The van der Waals surface area contributed by atoms with Gasteiger partial charge < -0.3 is 20.1 Å². The predicted molar refractivity (Wildman–Crippen MR) is 109 cm³/mol. The normalized spacial score (nSPS) is 10.6. The fourth-order valence-corrected chi connectivity index (χ4v) is 2.53. The first kappa shape index (κ1) is 20.1. The van der Waals surface area contributed by atoms with Crippen molar-refractivity contribution >= 4 is 23.5 Å². The maximum absolute atomic E-state index is 11.9. The molecule has 27 heavy (non-hydrogen) atoms. The number of rotatable bonds is 9. The fourth-order valence-electron chi connectivity index (χ4n) is 2.53. The molecule has 0 aromatic heterocycles. The molecular weight excluding hydrogens is 344 g/mol. The zero-order chi connectivity index (χ0) is 19.6. The van der Waals surface area contributed by atoms with E-state index in [9.17, 15) is 9.90 Å². The quantitative estimate of drug-likeness (QED) is 0.467. The number of carbonyl (C=O) groups is 1. The van der Waals surface area contributed by atoms with Crippen molar-refractivity contribution in [3.63, 3.8) is 0 Å². The van der Waals surface area contributed by atoms with E-state index in [1.807, 2.05) is 30.3 Å². The number of ether oxygens (including phenoxy) is 1. The van der Waals surface area contributed by atoms with Crippen molar-refractivity contribution in [1.82, 2.24) is 5.43 Å². The van der Waals surface area contributed by atoms with Crippen molar-refractivity contribution in [2.24, 2.45) is 5.10 Å². The molecule has 7 heteroatoms. The molecule has 0 aliphatic carbocycles. The Labute approximate surface area is 159 Å². The zero-order valence-electron chi connectivity index (χ0n) is 15.9. The van der Waals surface area contributed by atoms with Crippen LogP contribution in [-0.4, -0.2) is 44.0 Å². The number of hydrogen-bond donors (Lipinski definition) is 3. The van der Waals surface area contributed by atoms with E-state index in [-0.39, 0.29) is 18.2 Å². The molecule has 2 aromatic rings. The minimum atomic E-state index is -0.290. The highest BCUT2D eigenvalue weighted by molar-refractivity contribution is 5.86. The van der Waals surface area contributed by atoms with E-state index in [4.69, 9.17) is 4.74 Å². The highest BCUT2D eigenvalue weighted by Crippen LogP contribution is 2.23. The van der Waals surface area contributed by atoms with E-state index in [1.54, 1.807) is 19.2 Å². The Morgan fingerprint density at radius 1 is 1.19 bits per heavy atom. The average Bonchev–Trinajstić information content (AvgIpc) is 2.69. The first-order valence-corrected chi connectivity index (χ1v) is 8.85. The average molecular weight is 370 g/mol. The van der Waals surface area contributed by atoms with Gasteiger partial charge >= 0.3 is 0 Å². The number of phenolic OH excluding ortho intramolecular Hbond substituents is 1. The van der Waals surface area contributed by atoms with E-state index in [0.717, 1.165) is 30.2 Å². The van der Waals surface area contributed by atoms with Gasteiger partial charge in [-0.05, 0) is 50.2 Å². The number of hydrogen-bond acceptors (Lipinski definition) is 6. The summed E-state index contributed by atoms with van der Waals surface area (Å²) in [7, 11) is 1.60. The molecule has 2 aromatic carbocycles. The van der Waals surface area contributed by atoms with Gasteiger partial charge in [-0.15, -0.1) is 0 Å². The molecule has 0 aliphatic rings. The number of phenols is 1. The van der Waals surface area contributed by atoms with Gasteiger partial charge in [-0.25, -0.2) is 5.43 Å². The number of anilines is 2. The molecule has 0 saturated heterocycles. The fraction of sp³-hybridized carbons (Fsp3) is 0.300. The largest absolute Gasteiger partial charge is 0.507 e. The summed E-state index contributed by atoms with van der Waals surface area (Å²) in [5, 5.41) is 17.0. The first-order chi connectivity index (χ1) is 13.1. The van der Waals surface area contributed by atoms with E-state index in [2.05, 4.69) is 34.6 Å². The lowest BCUT2D eigenvalue weighted by molar-refractivity contribution is -0.119. The maximum Gasteiger partial charge on any atom is 0.259 e. The van der Waals surface area contributed by atoms with Gasteiger partial charge in [-0.3, -0.25) is 4.79 Å². The van der Waals surface area contributed by atoms with Crippen molar-refractivity contribution in [2.45, 2.75) is 13.8 Å². The third kappa shape index (κ3) is 5.91. The molecule has 0 atom stereocenters. The Kier molecular flexibility index (Phi) is 7.49. The van der Waals surface area contributed by atoms with E-state index >= 15 is 0 Å². The third-order valence-corrected chi connectivity index (χ3v) is 4.08. The number of nitrogens with one attached hydrogen (secondary N) is 2. The molecule has 2 rings (SSSR count). The number of methoxy groups -OCH3 is 1. The highest BCUT2D eigenvalue weighted by Gasteiger charge is 2.06. The van der Waals surface area contributed by atoms with Crippen LogP contribution in [0.1, 0.15) is 19.4 Å². The lowest BCUT2D eigenvalue weighted by Crippen LogP contribution is -2.25. The van der Waals surface area contributed by atoms with Crippen LogP contribution in [0, 0.1) is 0 Å². The summed E-state index contributed by atoms with van der Waals surface area (Å²) in [4.78, 5) is 14.0. The summed E-state index contributed by atoms with van der Waals surface area (Å²) in [6, 6.07) is 12.7. The standard InChI is InChI=1S/C20H26N4O3/c1-4-24(5-2)17-9-6-15(19(25)12-17)13-22-23-20(26)14-21-16-7-10-18(27-3)11-8-16/h6-13,21,25H,4-5,14H2,1-3H3,(H,23,26)/b22-13-. The van der Waals surface area contributed by atoms with Crippen molar-refractivity contribution in [3.8, 4) is 11.5 Å². The summed E-state index contributed by atoms with van der Waals surface area (Å²) >= 11 is 0. The van der Waals surface area contributed by atoms with E-state index in [1.165, 1.54) is 6.21 Å². The second-order valence-electron chi connectivity index (χ2n) is 5.79. The lowest BCUT2D eigenvalue weighted by Gasteiger charge is -2.21. The van der Waals surface area contributed by atoms with Gasteiger partial charge in [0.15, 0.2) is 0 Å². The van der Waals surface area contributed by atoms with Crippen molar-refractivity contribution in [2.75, 3.05) is 37.0 Å². The number of amides is 1. The molecule has 0 heterocycles. The smallest absolute Gasteiger partial charge is 0.259 e. The molecule has 0 saturated carbocycles. The summed E-state index contributed by atoms with van der Waals surface area (Å²) in [6.45, 7) is 5.93. The molecular formula is C20H26N4O3. The maximum atomic E-state index is 11.9. The van der Waals surface area contributed by atoms with E-state index in [0.29, 0.717) is 5.56 Å². The summed E-state index contributed by atoms with van der Waals surface area (Å²) < 4.78 is 5.08. The molecule has 144 valence electrons. The van der Waals surface area contributed by atoms with Gasteiger partial charge in [0, 0.05) is 36.1 Å². The van der Waals surface area contributed by atoms with Gasteiger partial charge in [-0.1, -0.05) is 0 Å². The minimum Gasteiger partial charge on any atom is -0.507 e. The van der Waals surface area contributed by atoms with Gasteiger partial charge in [0.25, 0.3) is 5.91 Å². The van der Waals surface area contributed by atoms with Gasteiger partial charge in [0.2, 0.25) is 0 Å². The molecule has 7 nitrogen and oxygen atoms in total. The van der Waals surface area contributed by atoms with Crippen LogP contribution in [0.15, 0.2) is 47.6 Å².